The van der Waals surface area contributed by atoms with Gasteiger partial charge in [0.05, 0.1) is 23.4 Å². The molecule has 0 spiro atoms. The van der Waals surface area contributed by atoms with Gasteiger partial charge in [-0.25, -0.2) is 4.98 Å². The third kappa shape index (κ3) is 3.93. The van der Waals surface area contributed by atoms with E-state index in [0.29, 0.717) is 30.5 Å². The molecule has 8 heteroatoms. The number of thioether (sulfide) groups is 1. The molecule has 6 nitrogen and oxygen atoms in total. The first-order valence-corrected chi connectivity index (χ1v) is 11.6. The van der Waals surface area contributed by atoms with Crippen molar-refractivity contribution in [2.45, 2.75) is 24.7 Å². The van der Waals surface area contributed by atoms with Gasteiger partial charge in [0, 0.05) is 60.3 Å². The summed E-state index contributed by atoms with van der Waals surface area (Å²) in [5, 5.41) is 2.67. The monoisotopic (exact) mass is 454 g/mol. The summed E-state index contributed by atoms with van der Waals surface area (Å²) in [5.74, 6) is 0.478. The van der Waals surface area contributed by atoms with Crippen molar-refractivity contribution in [3.05, 3.63) is 58.7 Å². The minimum Gasteiger partial charge on any atom is -0.383 e. The van der Waals surface area contributed by atoms with E-state index in [1.165, 1.54) is 28.4 Å². The number of carbonyl (C=O) groups is 1. The fourth-order valence-electron chi connectivity index (χ4n) is 4.19. The maximum Gasteiger partial charge on any atom is 0.233 e. The lowest BCUT2D eigenvalue weighted by Crippen LogP contribution is -2.37. The van der Waals surface area contributed by atoms with Crippen molar-refractivity contribution >= 4 is 51.2 Å². The molecule has 0 saturated carbocycles. The lowest BCUT2D eigenvalue weighted by atomic mass is 10.0. The van der Waals surface area contributed by atoms with Crippen LogP contribution in [0.15, 0.2) is 47.6 Å². The van der Waals surface area contributed by atoms with Gasteiger partial charge in [0.15, 0.2) is 5.16 Å². The average Bonchev–Trinajstić information content (AvgIpc) is 3.32. The van der Waals surface area contributed by atoms with Crippen molar-refractivity contribution in [3.63, 3.8) is 0 Å². The lowest BCUT2D eigenvalue weighted by molar-refractivity contribution is -0.129. The molecule has 5 rings (SSSR count). The third-order valence-electron chi connectivity index (χ3n) is 5.75. The van der Waals surface area contributed by atoms with Crippen LogP contribution < -0.4 is 0 Å². The van der Waals surface area contributed by atoms with Crippen LogP contribution in [0.4, 0.5) is 0 Å². The van der Waals surface area contributed by atoms with Crippen molar-refractivity contribution in [1.29, 1.82) is 0 Å². The van der Waals surface area contributed by atoms with Gasteiger partial charge in [-0.3, -0.25) is 4.79 Å². The van der Waals surface area contributed by atoms with Crippen LogP contribution >= 0.6 is 23.4 Å². The molecular weight excluding hydrogens is 432 g/mol. The number of H-pyrrole nitrogens is 1. The number of amides is 1. The van der Waals surface area contributed by atoms with E-state index in [4.69, 9.17) is 21.3 Å². The maximum absolute atomic E-state index is 13.0. The molecule has 31 heavy (non-hydrogen) atoms. The number of hydrogen-bond acceptors (Lipinski definition) is 4. The van der Waals surface area contributed by atoms with Crippen LogP contribution in [-0.2, 0) is 29.0 Å². The predicted molar refractivity (Wildman–Crippen MR) is 125 cm³/mol. The largest absolute Gasteiger partial charge is 0.383 e. The highest BCUT2D eigenvalue weighted by Crippen LogP contribution is 2.29. The van der Waals surface area contributed by atoms with Crippen molar-refractivity contribution in [2.75, 3.05) is 26.0 Å². The molecule has 160 valence electrons. The standard InChI is InChI=1S/C23H23ClN4O2S/c1-30-11-10-28-21-7-6-15(24)12-20(21)26-23(28)31-14-22(29)27-9-8-19-17(13-27)16-4-2-3-5-18(16)25-19/h2-7,12,25H,8-11,13-14H2,1H3. The SMILES string of the molecule is COCCn1c(SCC(=O)N2CCc3[nH]c4ccccc4c3C2)nc2cc(Cl)ccc21. The van der Waals surface area contributed by atoms with Gasteiger partial charge in [-0.15, -0.1) is 0 Å². The third-order valence-corrected chi connectivity index (χ3v) is 6.95. The molecule has 0 saturated heterocycles. The number of rotatable bonds is 6. The number of carbonyl (C=O) groups excluding carboxylic acids is 1. The number of halogens is 1. The van der Waals surface area contributed by atoms with Gasteiger partial charge in [-0.1, -0.05) is 41.6 Å². The summed E-state index contributed by atoms with van der Waals surface area (Å²) in [6.45, 7) is 2.63. The van der Waals surface area contributed by atoms with Crippen LogP contribution in [-0.4, -0.2) is 51.4 Å². The molecule has 1 aliphatic heterocycles. The van der Waals surface area contributed by atoms with Gasteiger partial charge in [-0.2, -0.15) is 0 Å². The summed E-state index contributed by atoms with van der Waals surface area (Å²) >= 11 is 7.61. The van der Waals surface area contributed by atoms with Crippen LogP contribution in [0.2, 0.25) is 5.02 Å². The minimum atomic E-state index is 0.129. The van der Waals surface area contributed by atoms with Gasteiger partial charge in [-0.05, 0) is 24.3 Å². The number of para-hydroxylation sites is 1. The van der Waals surface area contributed by atoms with E-state index in [-0.39, 0.29) is 5.91 Å². The number of fused-ring (bicyclic) bond motifs is 4. The zero-order valence-electron chi connectivity index (χ0n) is 17.2. The molecule has 4 aromatic rings. The smallest absolute Gasteiger partial charge is 0.233 e. The van der Waals surface area contributed by atoms with Crippen molar-refractivity contribution in [2.24, 2.45) is 0 Å². The number of aromatic amines is 1. The number of aromatic nitrogens is 3. The summed E-state index contributed by atoms with van der Waals surface area (Å²) in [6.07, 6.45) is 0.852. The van der Waals surface area contributed by atoms with Crippen LogP contribution in [0.5, 0.6) is 0 Å². The molecule has 1 amide bonds. The Balaban J connectivity index is 1.33. The Morgan fingerprint density at radius 3 is 3.03 bits per heavy atom. The van der Waals surface area contributed by atoms with Crippen molar-refractivity contribution < 1.29 is 9.53 Å². The zero-order chi connectivity index (χ0) is 21.4. The number of ether oxygens (including phenoxy) is 1. The van der Waals surface area contributed by atoms with Crippen LogP contribution in [0, 0.1) is 0 Å². The fraction of sp³-hybridized carbons (Fsp3) is 0.304. The number of methoxy groups -OCH3 is 1. The summed E-state index contributed by atoms with van der Waals surface area (Å²) in [7, 11) is 1.68. The van der Waals surface area contributed by atoms with E-state index in [1.807, 2.05) is 35.2 Å². The minimum absolute atomic E-state index is 0.129. The Bertz CT molecular complexity index is 1270. The first-order chi connectivity index (χ1) is 15.1. The molecule has 2 aromatic carbocycles. The molecule has 2 aromatic heterocycles. The molecule has 0 unspecified atom stereocenters. The van der Waals surface area contributed by atoms with Gasteiger partial charge < -0.3 is 19.2 Å². The van der Waals surface area contributed by atoms with Crippen molar-refractivity contribution in [3.8, 4) is 0 Å². The highest BCUT2D eigenvalue weighted by molar-refractivity contribution is 7.99. The average molecular weight is 455 g/mol. The molecule has 1 aliphatic rings. The van der Waals surface area contributed by atoms with Crippen LogP contribution in [0.25, 0.3) is 21.9 Å². The Labute approximate surface area is 189 Å². The Morgan fingerprint density at radius 2 is 2.16 bits per heavy atom. The molecule has 0 atom stereocenters. The predicted octanol–water partition coefficient (Wildman–Crippen LogP) is 4.49. The van der Waals surface area contributed by atoms with E-state index in [9.17, 15) is 4.79 Å². The first kappa shape index (κ1) is 20.4. The van der Waals surface area contributed by atoms with Crippen LogP contribution in [0.1, 0.15) is 11.3 Å². The summed E-state index contributed by atoms with van der Waals surface area (Å²) < 4.78 is 7.36. The molecule has 0 fully saturated rings. The summed E-state index contributed by atoms with van der Waals surface area (Å²) in [6, 6.07) is 14.0. The van der Waals surface area contributed by atoms with Crippen LogP contribution in [0.3, 0.4) is 0 Å². The second kappa shape index (κ2) is 8.57. The molecule has 0 radical (unpaired) electrons. The molecule has 0 aliphatic carbocycles. The molecule has 0 bridgehead atoms. The normalized spacial score (nSPS) is 13.8. The van der Waals surface area contributed by atoms with Gasteiger partial charge in [0.2, 0.25) is 5.91 Å². The van der Waals surface area contributed by atoms with Gasteiger partial charge in [0.25, 0.3) is 0 Å². The topological polar surface area (TPSA) is 63.1 Å². The zero-order valence-corrected chi connectivity index (χ0v) is 18.8. The summed E-state index contributed by atoms with van der Waals surface area (Å²) in [5.41, 5.74) is 5.46. The summed E-state index contributed by atoms with van der Waals surface area (Å²) in [4.78, 5) is 23.2. The highest BCUT2D eigenvalue weighted by atomic mass is 35.5. The second-order valence-electron chi connectivity index (χ2n) is 7.65. The van der Waals surface area contributed by atoms with E-state index in [1.54, 1.807) is 7.11 Å². The number of benzene rings is 2. The van der Waals surface area contributed by atoms with E-state index >= 15 is 0 Å². The van der Waals surface area contributed by atoms with Crippen molar-refractivity contribution in [1.82, 2.24) is 19.4 Å². The number of imidazole rings is 1. The quantitative estimate of drug-likeness (QED) is 0.436. The van der Waals surface area contributed by atoms with E-state index in [2.05, 4.69) is 21.7 Å². The van der Waals surface area contributed by atoms with Gasteiger partial charge in [0.1, 0.15) is 0 Å². The molecule has 3 heterocycles. The number of nitrogens with zero attached hydrogens (tertiary/aromatic N) is 3. The van der Waals surface area contributed by atoms with E-state index < -0.39 is 0 Å². The maximum atomic E-state index is 13.0. The molecular formula is C23H23ClN4O2S. The van der Waals surface area contributed by atoms with E-state index in [0.717, 1.165) is 34.7 Å². The first-order valence-electron chi connectivity index (χ1n) is 10.3. The molecule has 1 N–H and O–H groups in total. The fourth-order valence-corrected chi connectivity index (χ4v) is 5.30. The Kier molecular flexibility index (Phi) is 5.65. The Morgan fingerprint density at radius 1 is 1.29 bits per heavy atom. The highest BCUT2D eigenvalue weighted by Gasteiger charge is 2.24. The lowest BCUT2D eigenvalue weighted by Gasteiger charge is -2.27. The second-order valence-corrected chi connectivity index (χ2v) is 9.03. The number of hydrogen-bond donors (Lipinski definition) is 1. The van der Waals surface area contributed by atoms with Gasteiger partial charge >= 0.3 is 0 Å². The Hall–Kier alpha value is -2.48. The number of nitrogens with one attached hydrogen (secondary N) is 1.